The van der Waals surface area contributed by atoms with Crippen LogP contribution >= 0.6 is 23.2 Å². The Hall–Kier alpha value is -1.11. The Bertz CT molecular complexity index is 722. The van der Waals surface area contributed by atoms with Crippen molar-refractivity contribution < 1.29 is 14.3 Å². The number of halogens is 2. The van der Waals surface area contributed by atoms with Gasteiger partial charge in [0.05, 0.1) is 29.7 Å². The Kier molecular flexibility index (Phi) is 7.05. The Morgan fingerprint density at radius 2 is 1.96 bits per heavy atom. The Morgan fingerprint density at radius 3 is 2.61 bits per heavy atom. The Balaban J connectivity index is 1.73. The minimum atomic E-state index is -0.510. The van der Waals surface area contributed by atoms with E-state index in [1.54, 1.807) is 12.1 Å². The number of carbonyl (C=O) groups excluding carboxylic acids is 1. The maximum absolute atomic E-state index is 13.0. The van der Waals surface area contributed by atoms with Gasteiger partial charge < -0.3 is 14.4 Å². The highest BCUT2D eigenvalue weighted by atomic mass is 35.5. The number of nitrogens with zero attached hydrogens (tertiary/aromatic N) is 2. The summed E-state index contributed by atoms with van der Waals surface area (Å²) in [4.78, 5) is 17.1. The summed E-state index contributed by atoms with van der Waals surface area (Å²) in [5, 5.41) is 0.958. The summed E-state index contributed by atoms with van der Waals surface area (Å²) in [5.41, 5.74) is 0.858. The molecule has 2 atom stereocenters. The van der Waals surface area contributed by atoms with E-state index in [2.05, 4.69) is 18.5 Å². The van der Waals surface area contributed by atoms with Crippen molar-refractivity contribution in [3.63, 3.8) is 0 Å². The quantitative estimate of drug-likeness (QED) is 0.649. The van der Waals surface area contributed by atoms with Crippen LogP contribution in [-0.2, 0) is 20.7 Å². The molecule has 0 radical (unpaired) electrons. The van der Waals surface area contributed by atoms with Crippen molar-refractivity contribution in [2.24, 2.45) is 0 Å². The van der Waals surface area contributed by atoms with Crippen LogP contribution in [-0.4, -0.2) is 67.4 Å². The molecule has 0 bridgehead atoms. The summed E-state index contributed by atoms with van der Waals surface area (Å²) >= 11 is 12.1. The van der Waals surface area contributed by atoms with Crippen molar-refractivity contribution in [3.8, 4) is 0 Å². The highest BCUT2D eigenvalue weighted by Crippen LogP contribution is 2.39. The van der Waals surface area contributed by atoms with Gasteiger partial charge in [-0.2, -0.15) is 0 Å². The van der Waals surface area contributed by atoms with Gasteiger partial charge in [-0.05, 0) is 31.2 Å². The van der Waals surface area contributed by atoms with Crippen molar-refractivity contribution in [3.05, 3.63) is 46.5 Å². The molecule has 2 unspecified atom stereocenters. The SMILES string of the molecule is C=CCN(C)C1CC2(CCC1N(C)C(=O)Cc1ccc(Cl)c(Cl)c1)OCCO2. The molecule has 1 saturated carbocycles. The van der Waals surface area contributed by atoms with Gasteiger partial charge in [-0.3, -0.25) is 9.69 Å². The molecule has 2 fully saturated rings. The predicted octanol–water partition coefficient (Wildman–Crippen LogP) is 3.78. The van der Waals surface area contributed by atoms with Crippen LogP contribution in [0.1, 0.15) is 24.8 Å². The Labute approximate surface area is 177 Å². The van der Waals surface area contributed by atoms with Crippen LogP contribution in [0.4, 0.5) is 0 Å². The first-order valence-electron chi connectivity index (χ1n) is 9.64. The molecule has 1 saturated heterocycles. The molecule has 0 N–H and O–H groups in total. The average molecular weight is 427 g/mol. The van der Waals surface area contributed by atoms with Crippen molar-refractivity contribution >= 4 is 29.1 Å². The largest absolute Gasteiger partial charge is 0.347 e. The van der Waals surface area contributed by atoms with Gasteiger partial charge >= 0.3 is 0 Å². The smallest absolute Gasteiger partial charge is 0.227 e. The second kappa shape index (κ2) is 9.14. The van der Waals surface area contributed by atoms with Gasteiger partial charge in [0.25, 0.3) is 0 Å². The molecule has 7 heteroatoms. The zero-order chi connectivity index (χ0) is 20.3. The van der Waals surface area contributed by atoms with E-state index in [0.29, 0.717) is 29.7 Å². The van der Waals surface area contributed by atoms with Crippen LogP contribution in [0, 0.1) is 0 Å². The monoisotopic (exact) mass is 426 g/mol. The molecule has 1 amide bonds. The van der Waals surface area contributed by atoms with E-state index in [9.17, 15) is 4.79 Å². The maximum Gasteiger partial charge on any atom is 0.227 e. The maximum atomic E-state index is 13.0. The zero-order valence-corrected chi connectivity index (χ0v) is 18.0. The summed E-state index contributed by atoms with van der Waals surface area (Å²) in [6.45, 7) is 5.86. The standard InChI is InChI=1S/C21H28Cl2N2O3/c1-4-9-24(2)19-14-21(27-10-11-28-21)8-7-18(19)25(3)20(26)13-15-5-6-16(22)17(23)12-15/h4-6,12,18-19H,1,7-11,13-14H2,2-3H3. The molecule has 2 aliphatic rings. The molecular formula is C21H28Cl2N2O3. The van der Waals surface area contributed by atoms with E-state index >= 15 is 0 Å². The normalized spacial score (nSPS) is 23.9. The van der Waals surface area contributed by atoms with Gasteiger partial charge in [0, 0.05) is 38.5 Å². The summed E-state index contributed by atoms with van der Waals surface area (Å²) in [6.07, 6.45) is 4.54. The van der Waals surface area contributed by atoms with Crippen molar-refractivity contribution in [1.29, 1.82) is 0 Å². The first-order valence-corrected chi connectivity index (χ1v) is 10.4. The van der Waals surface area contributed by atoms with Crippen molar-refractivity contribution in [2.45, 2.75) is 43.6 Å². The van der Waals surface area contributed by atoms with Crippen LogP contribution < -0.4 is 0 Å². The average Bonchev–Trinajstić information content (AvgIpc) is 3.12. The van der Waals surface area contributed by atoms with Crippen LogP contribution in [0.25, 0.3) is 0 Å². The van der Waals surface area contributed by atoms with Crippen molar-refractivity contribution in [2.75, 3.05) is 33.9 Å². The lowest BCUT2D eigenvalue weighted by molar-refractivity contribution is -0.198. The van der Waals surface area contributed by atoms with Gasteiger partial charge in [-0.1, -0.05) is 35.3 Å². The van der Waals surface area contributed by atoms with Crippen LogP contribution in [0.5, 0.6) is 0 Å². The van der Waals surface area contributed by atoms with E-state index in [-0.39, 0.29) is 18.0 Å². The van der Waals surface area contributed by atoms with Crippen LogP contribution in [0.2, 0.25) is 10.0 Å². The molecule has 154 valence electrons. The van der Waals surface area contributed by atoms with Crippen LogP contribution in [0.15, 0.2) is 30.9 Å². The van der Waals surface area contributed by atoms with Crippen LogP contribution in [0.3, 0.4) is 0 Å². The van der Waals surface area contributed by atoms with Gasteiger partial charge in [0.1, 0.15) is 0 Å². The van der Waals surface area contributed by atoms with E-state index in [1.807, 2.05) is 24.1 Å². The molecule has 1 aliphatic heterocycles. The number of ether oxygens (including phenoxy) is 2. The van der Waals surface area contributed by atoms with E-state index in [0.717, 1.165) is 31.4 Å². The van der Waals surface area contributed by atoms with Gasteiger partial charge in [-0.25, -0.2) is 0 Å². The molecule has 1 aromatic rings. The molecular weight excluding hydrogens is 399 g/mol. The fourth-order valence-corrected chi connectivity index (χ4v) is 4.57. The van der Waals surface area contributed by atoms with E-state index in [4.69, 9.17) is 32.7 Å². The highest BCUT2D eigenvalue weighted by molar-refractivity contribution is 6.42. The Morgan fingerprint density at radius 1 is 1.25 bits per heavy atom. The third-order valence-electron chi connectivity index (χ3n) is 5.81. The summed E-state index contributed by atoms with van der Waals surface area (Å²) < 4.78 is 11.9. The van der Waals surface area contributed by atoms with Gasteiger partial charge in [0.2, 0.25) is 5.91 Å². The molecule has 1 aliphatic carbocycles. The zero-order valence-electron chi connectivity index (χ0n) is 16.5. The molecule has 1 heterocycles. The third kappa shape index (κ3) is 4.71. The summed E-state index contributed by atoms with van der Waals surface area (Å²) in [7, 11) is 3.94. The number of hydrogen-bond donors (Lipinski definition) is 0. The number of carbonyl (C=O) groups is 1. The second-order valence-corrected chi connectivity index (χ2v) is 8.46. The lowest BCUT2D eigenvalue weighted by Crippen LogP contribution is -2.58. The number of rotatable bonds is 6. The topological polar surface area (TPSA) is 42.0 Å². The molecule has 1 spiro atoms. The molecule has 28 heavy (non-hydrogen) atoms. The number of likely N-dealkylation sites (N-methyl/N-ethyl adjacent to an activating group) is 2. The fourth-order valence-electron chi connectivity index (χ4n) is 4.25. The van der Waals surface area contributed by atoms with Gasteiger partial charge in [-0.15, -0.1) is 6.58 Å². The molecule has 0 aromatic heterocycles. The minimum absolute atomic E-state index is 0.0598. The van der Waals surface area contributed by atoms with E-state index < -0.39 is 5.79 Å². The third-order valence-corrected chi connectivity index (χ3v) is 6.55. The summed E-state index contributed by atoms with van der Waals surface area (Å²) in [5.74, 6) is -0.450. The second-order valence-electron chi connectivity index (χ2n) is 7.64. The fraction of sp³-hybridized carbons (Fsp3) is 0.571. The highest BCUT2D eigenvalue weighted by Gasteiger charge is 2.47. The number of amides is 1. The number of benzene rings is 1. The molecule has 1 aromatic carbocycles. The predicted molar refractivity (Wildman–Crippen MR) is 112 cm³/mol. The van der Waals surface area contributed by atoms with Gasteiger partial charge in [0.15, 0.2) is 5.79 Å². The van der Waals surface area contributed by atoms with E-state index in [1.165, 1.54) is 0 Å². The molecule has 5 nitrogen and oxygen atoms in total. The number of hydrogen-bond acceptors (Lipinski definition) is 4. The first kappa shape index (κ1) is 21.6. The molecule has 3 rings (SSSR count). The van der Waals surface area contributed by atoms with Crippen molar-refractivity contribution in [1.82, 2.24) is 9.80 Å². The first-order chi connectivity index (χ1) is 13.3. The minimum Gasteiger partial charge on any atom is -0.347 e. The lowest BCUT2D eigenvalue weighted by atomic mass is 9.83. The summed E-state index contributed by atoms with van der Waals surface area (Å²) in [6, 6.07) is 5.54. The lowest BCUT2D eigenvalue weighted by Gasteiger charge is -2.47.